The minimum atomic E-state index is 0.590. The van der Waals surface area contributed by atoms with Crippen molar-refractivity contribution in [2.75, 3.05) is 5.32 Å². The van der Waals surface area contributed by atoms with Gasteiger partial charge in [-0.3, -0.25) is 0 Å². The first-order valence-electron chi connectivity index (χ1n) is 4.68. The summed E-state index contributed by atoms with van der Waals surface area (Å²) in [5.41, 5.74) is 0.874. The fourth-order valence-corrected chi connectivity index (χ4v) is 1.82. The van der Waals surface area contributed by atoms with Crippen LogP contribution >= 0.6 is 27.5 Å². The van der Waals surface area contributed by atoms with Gasteiger partial charge in [0.1, 0.15) is 6.33 Å². The summed E-state index contributed by atoms with van der Waals surface area (Å²) in [5.74, 6) is 0.857. The van der Waals surface area contributed by atoms with Crippen LogP contribution in [0.15, 0.2) is 29.0 Å². The van der Waals surface area contributed by atoms with Crippen molar-refractivity contribution in [1.82, 2.24) is 14.8 Å². The zero-order chi connectivity index (χ0) is 11.5. The molecule has 1 heterocycles. The van der Waals surface area contributed by atoms with E-state index in [1.165, 1.54) is 0 Å². The Kier molecular flexibility index (Phi) is 3.46. The standard InChI is InChI=1S/C10H10BrClN4/c1-16-6-14-15-10(16)5-13-9-4-7(11)2-3-8(9)12/h2-4,6,13H,5H2,1H3. The van der Waals surface area contributed by atoms with Crippen molar-refractivity contribution >= 4 is 33.2 Å². The van der Waals surface area contributed by atoms with Crippen molar-refractivity contribution < 1.29 is 0 Å². The number of rotatable bonds is 3. The number of nitrogens with one attached hydrogen (secondary N) is 1. The molecule has 2 rings (SSSR count). The van der Waals surface area contributed by atoms with Crippen LogP contribution in [0.3, 0.4) is 0 Å². The van der Waals surface area contributed by atoms with Gasteiger partial charge in [0.2, 0.25) is 0 Å². The zero-order valence-electron chi connectivity index (χ0n) is 8.61. The van der Waals surface area contributed by atoms with Crippen LogP contribution in [0, 0.1) is 0 Å². The quantitative estimate of drug-likeness (QED) is 0.948. The molecular weight excluding hydrogens is 291 g/mol. The number of aryl methyl sites for hydroxylation is 1. The molecule has 0 saturated heterocycles. The minimum Gasteiger partial charge on any atom is -0.377 e. The van der Waals surface area contributed by atoms with E-state index in [1.807, 2.05) is 29.8 Å². The third-order valence-corrected chi connectivity index (χ3v) is 2.99. The Bertz CT molecular complexity index is 497. The summed E-state index contributed by atoms with van der Waals surface area (Å²) in [5, 5.41) is 11.7. The Morgan fingerprint density at radius 2 is 2.31 bits per heavy atom. The van der Waals surface area contributed by atoms with Crippen LogP contribution in [0.25, 0.3) is 0 Å². The minimum absolute atomic E-state index is 0.590. The van der Waals surface area contributed by atoms with E-state index in [1.54, 1.807) is 6.33 Å². The molecule has 84 valence electrons. The van der Waals surface area contributed by atoms with Gasteiger partial charge in [-0.1, -0.05) is 27.5 Å². The van der Waals surface area contributed by atoms with Gasteiger partial charge in [-0.25, -0.2) is 0 Å². The van der Waals surface area contributed by atoms with E-state index in [0.29, 0.717) is 11.6 Å². The highest BCUT2D eigenvalue weighted by atomic mass is 79.9. The second-order valence-corrected chi connectivity index (χ2v) is 4.66. The van der Waals surface area contributed by atoms with Crippen LogP contribution in [0.2, 0.25) is 5.02 Å². The van der Waals surface area contributed by atoms with Gasteiger partial charge in [-0.15, -0.1) is 10.2 Å². The van der Waals surface area contributed by atoms with E-state index >= 15 is 0 Å². The molecule has 1 aromatic carbocycles. The van der Waals surface area contributed by atoms with Crippen LogP contribution in [-0.2, 0) is 13.6 Å². The summed E-state index contributed by atoms with van der Waals surface area (Å²) in [6, 6.07) is 5.67. The van der Waals surface area contributed by atoms with Crippen LogP contribution in [0.4, 0.5) is 5.69 Å². The highest BCUT2D eigenvalue weighted by Gasteiger charge is 2.03. The SMILES string of the molecule is Cn1cnnc1CNc1cc(Br)ccc1Cl. The molecule has 0 spiro atoms. The Labute approximate surface area is 107 Å². The Morgan fingerprint density at radius 1 is 1.50 bits per heavy atom. The highest BCUT2D eigenvalue weighted by Crippen LogP contribution is 2.25. The lowest BCUT2D eigenvalue weighted by Crippen LogP contribution is -2.05. The van der Waals surface area contributed by atoms with E-state index < -0.39 is 0 Å². The van der Waals surface area contributed by atoms with E-state index in [0.717, 1.165) is 16.0 Å². The van der Waals surface area contributed by atoms with Gasteiger partial charge in [0.15, 0.2) is 5.82 Å². The number of halogens is 2. The maximum Gasteiger partial charge on any atom is 0.151 e. The molecule has 2 aromatic rings. The van der Waals surface area contributed by atoms with Crippen LogP contribution in [-0.4, -0.2) is 14.8 Å². The fraction of sp³-hybridized carbons (Fsp3) is 0.200. The highest BCUT2D eigenvalue weighted by molar-refractivity contribution is 9.10. The summed E-state index contributed by atoms with van der Waals surface area (Å²) < 4.78 is 2.84. The van der Waals surface area contributed by atoms with Gasteiger partial charge in [0.25, 0.3) is 0 Å². The summed E-state index contributed by atoms with van der Waals surface area (Å²) in [6.45, 7) is 0.590. The normalized spacial score (nSPS) is 10.4. The van der Waals surface area contributed by atoms with Crippen LogP contribution in [0.1, 0.15) is 5.82 Å². The lowest BCUT2D eigenvalue weighted by Gasteiger charge is -2.08. The van der Waals surface area contributed by atoms with Crippen LogP contribution in [0.5, 0.6) is 0 Å². The number of anilines is 1. The summed E-state index contributed by atoms with van der Waals surface area (Å²) >= 11 is 9.45. The summed E-state index contributed by atoms with van der Waals surface area (Å²) in [6.07, 6.45) is 1.67. The van der Waals surface area contributed by atoms with Gasteiger partial charge < -0.3 is 9.88 Å². The molecule has 0 fully saturated rings. The molecule has 0 atom stereocenters. The molecule has 16 heavy (non-hydrogen) atoms. The maximum absolute atomic E-state index is 6.05. The van der Waals surface area contributed by atoms with Gasteiger partial charge >= 0.3 is 0 Å². The third kappa shape index (κ3) is 2.54. The first-order valence-corrected chi connectivity index (χ1v) is 5.85. The molecule has 0 aliphatic heterocycles. The van der Waals surface area contributed by atoms with Crippen molar-refractivity contribution in [3.63, 3.8) is 0 Å². The molecule has 0 unspecified atom stereocenters. The van der Waals surface area contributed by atoms with E-state index in [-0.39, 0.29) is 0 Å². The maximum atomic E-state index is 6.05. The molecule has 0 aliphatic carbocycles. The van der Waals surface area contributed by atoms with E-state index in [4.69, 9.17) is 11.6 Å². The number of aromatic nitrogens is 3. The van der Waals surface area contributed by atoms with Crippen molar-refractivity contribution in [3.05, 3.63) is 39.8 Å². The van der Waals surface area contributed by atoms with E-state index in [9.17, 15) is 0 Å². The van der Waals surface area contributed by atoms with Crippen molar-refractivity contribution in [2.24, 2.45) is 7.05 Å². The largest absolute Gasteiger partial charge is 0.377 e. The lowest BCUT2D eigenvalue weighted by atomic mass is 10.3. The molecule has 0 bridgehead atoms. The van der Waals surface area contributed by atoms with Crippen molar-refractivity contribution in [2.45, 2.75) is 6.54 Å². The molecule has 0 radical (unpaired) electrons. The van der Waals surface area contributed by atoms with E-state index in [2.05, 4.69) is 31.4 Å². The van der Waals surface area contributed by atoms with Gasteiger partial charge in [0, 0.05) is 11.5 Å². The van der Waals surface area contributed by atoms with Gasteiger partial charge in [0.05, 0.1) is 17.3 Å². The third-order valence-electron chi connectivity index (χ3n) is 2.17. The average Bonchev–Trinajstić information content (AvgIpc) is 2.66. The zero-order valence-corrected chi connectivity index (χ0v) is 11.0. The summed E-state index contributed by atoms with van der Waals surface area (Å²) in [7, 11) is 1.90. The van der Waals surface area contributed by atoms with Crippen molar-refractivity contribution in [1.29, 1.82) is 0 Å². The Balaban J connectivity index is 2.10. The van der Waals surface area contributed by atoms with Crippen LogP contribution < -0.4 is 5.32 Å². The smallest absolute Gasteiger partial charge is 0.151 e. The van der Waals surface area contributed by atoms with Crippen molar-refractivity contribution in [3.8, 4) is 0 Å². The Hall–Kier alpha value is -1.07. The molecule has 6 heteroatoms. The van der Waals surface area contributed by atoms with Gasteiger partial charge in [-0.2, -0.15) is 0 Å². The topological polar surface area (TPSA) is 42.7 Å². The first-order chi connectivity index (χ1) is 7.66. The fourth-order valence-electron chi connectivity index (χ4n) is 1.27. The molecule has 0 saturated carbocycles. The molecule has 0 amide bonds. The number of hydrogen-bond donors (Lipinski definition) is 1. The molecular formula is C10H10BrClN4. The lowest BCUT2D eigenvalue weighted by molar-refractivity contribution is 0.812. The predicted octanol–water partition coefficient (Wildman–Crippen LogP) is 2.84. The monoisotopic (exact) mass is 300 g/mol. The second kappa shape index (κ2) is 4.84. The first kappa shape index (κ1) is 11.4. The number of hydrogen-bond acceptors (Lipinski definition) is 3. The second-order valence-electron chi connectivity index (χ2n) is 3.34. The summed E-state index contributed by atoms with van der Waals surface area (Å²) in [4.78, 5) is 0. The molecule has 1 aromatic heterocycles. The average molecular weight is 302 g/mol. The molecule has 1 N–H and O–H groups in total. The molecule has 4 nitrogen and oxygen atoms in total. The van der Waals surface area contributed by atoms with Gasteiger partial charge in [-0.05, 0) is 18.2 Å². The number of benzene rings is 1. The predicted molar refractivity (Wildman–Crippen MR) is 67.5 cm³/mol. The Morgan fingerprint density at radius 3 is 3.00 bits per heavy atom. The number of nitrogens with zero attached hydrogens (tertiary/aromatic N) is 3. The molecule has 0 aliphatic rings.